The Morgan fingerprint density at radius 2 is 1.81 bits per heavy atom. The number of halogens is 2. The summed E-state index contributed by atoms with van der Waals surface area (Å²) in [6.45, 7) is 0. The predicted molar refractivity (Wildman–Crippen MR) is 91.9 cm³/mol. The SMILES string of the molecule is COc1ncc(-c2noc(C3(c4cc(F)cc(F)c4)CCCC3)n2)c(N)n1. The van der Waals surface area contributed by atoms with Gasteiger partial charge in [-0.25, -0.2) is 13.8 Å². The first-order valence-corrected chi connectivity index (χ1v) is 8.49. The molecule has 2 heterocycles. The van der Waals surface area contributed by atoms with E-state index >= 15 is 0 Å². The number of hydrogen-bond acceptors (Lipinski definition) is 7. The highest BCUT2D eigenvalue weighted by Crippen LogP contribution is 2.46. The van der Waals surface area contributed by atoms with Crippen LogP contribution in [-0.4, -0.2) is 27.2 Å². The van der Waals surface area contributed by atoms with E-state index in [0.717, 1.165) is 18.9 Å². The van der Waals surface area contributed by atoms with Crippen LogP contribution in [0.2, 0.25) is 0 Å². The minimum Gasteiger partial charge on any atom is -0.467 e. The van der Waals surface area contributed by atoms with E-state index < -0.39 is 17.0 Å². The van der Waals surface area contributed by atoms with Crippen molar-refractivity contribution < 1.29 is 18.0 Å². The summed E-state index contributed by atoms with van der Waals surface area (Å²) in [5.41, 5.74) is 6.08. The molecule has 0 bridgehead atoms. The summed E-state index contributed by atoms with van der Waals surface area (Å²) in [6, 6.07) is 3.62. The van der Waals surface area contributed by atoms with Gasteiger partial charge in [-0.1, -0.05) is 18.0 Å². The van der Waals surface area contributed by atoms with Crippen LogP contribution in [-0.2, 0) is 5.41 Å². The van der Waals surface area contributed by atoms with Crippen LogP contribution in [0.4, 0.5) is 14.6 Å². The zero-order valence-electron chi connectivity index (χ0n) is 14.6. The summed E-state index contributed by atoms with van der Waals surface area (Å²) in [4.78, 5) is 12.5. The van der Waals surface area contributed by atoms with Crippen molar-refractivity contribution in [3.63, 3.8) is 0 Å². The standard InChI is InChI=1S/C18H17F2N5O2/c1-26-17-22-9-13(14(21)23-17)15-24-16(27-25-15)18(4-2-3-5-18)10-6-11(19)8-12(20)7-10/h6-9H,2-5H2,1H3,(H2,21,22,23). The van der Waals surface area contributed by atoms with E-state index in [2.05, 4.69) is 20.1 Å². The second kappa shape index (κ2) is 6.57. The van der Waals surface area contributed by atoms with Crippen LogP contribution < -0.4 is 10.5 Å². The molecule has 27 heavy (non-hydrogen) atoms. The maximum Gasteiger partial charge on any atom is 0.318 e. The summed E-state index contributed by atoms with van der Waals surface area (Å²) >= 11 is 0. The number of rotatable bonds is 4. The zero-order valence-corrected chi connectivity index (χ0v) is 14.6. The number of nitrogens with two attached hydrogens (primary N) is 1. The first kappa shape index (κ1) is 17.3. The number of aromatic nitrogens is 4. The predicted octanol–water partition coefficient (Wildman–Crippen LogP) is 3.26. The molecule has 1 aliphatic rings. The number of benzene rings is 1. The fourth-order valence-corrected chi connectivity index (χ4v) is 3.61. The lowest BCUT2D eigenvalue weighted by Gasteiger charge is -2.25. The molecule has 9 heteroatoms. The number of nitrogen functional groups attached to an aromatic ring is 1. The van der Waals surface area contributed by atoms with Crippen molar-refractivity contribution >= 4 is 5.82 Å². The summed E-state index contributed by atoms with van der Waals surface area (Å²) in [5.74, 6) is -0.609. The van der Waals surface area contributed by atoms with E-state index in [0.29, 0.717) is 29.9 Å². The highest BCUT2D eigenvalue weighted by molar-refractivity contribution is 5.67. The smallest absolute Gasteiger partial charge is 0.318 e. The van der Waals surface area contributed by atoms with Gasteiger partial charge in [0.2, 0.25) is 11.7 Å². The lowest BCUT2D eigenvalue weighted by Crippen LogP contribution is -2.24. The molecule has 1 saturated carbocycles. The Balaban J connectivity index is 1.78. The Morgan fingerprint density at radius 1 is 1.11 bits per heavy atom. The van der Waals surface area contributed by atoms with Crippen molar-refractivity contribution in [2.75, 3.05) is 12.8 Å². The minimum atomic E-state index is -0.726. The van der Waals surface area contributed by atoms with Crippen LogP contribution in [0.15, 0.2) is 28.9 Å². The van der Waals surface area contributed by atoms with Gasteiger partial charge in [0.1, 0.15) is 17.5 Å². The van der Waals surface area contributed by atoms with Crippen LogP contribution in [0.3, 0.4) is 0 Å². The van der Waals surface area contributed by atoms with Gasteiger partial charge in [0.25, 0.3) is 0 Å². The average Bonchev–Trinajstić information content (AvgIpc) is 3.31. The van der Waals surface area contributed by atoms with Gasteiger partial charge in [0.05, 0.1) is 18.1 Å². The van der Waals surface area contributed by atoms with Crippen LogP contribution >= 0.6 is 0 Å². The van der Waals surface area contributed by atoms with Crippen LogP contribution in [0.25, 0.3) is 11.4 Å². The maximum absolute atomic E-state index is 13.8. The van der Waals surface area contributed by atoms with Crippen molar-refractivity contribution in [1.29, 1.82) is 0 Å². The number of anilines is 1. The topological polar surface area (TPSA) is 100.0 Å². The molecule has 3 aromatic rings. The Labute approximate surface area is 153 Å². The van der Waals surface area contributed by atoms with E-state index in [1.54, 1.807) is 0 Å². The molecule has 0 radical (unpaired) electrons. The molecular weight excluding hydrogens is 356 g/mol. The third-order valence-electron chi connectivity index (χ3n) is 4.93. The molecule has 0 unspecified atom stereocenters. The molecule has 0 spiro atoms. The monoisotopic (exact) mass is 373 g/mol. The van der Waals surface area contributed by atoms with Gasteiger partial charge in [-0.15, -0.1) is 0 Å². The molecule has 0 aliphatic heterocycles. The number of hydrogen-bond donors (Lipinski definition) is 1. The third-order valence-corrected chi connectivity index (χ3v) is 4.93. The van der Waals surface area contributed by atoms with Crippen molar-refractivity contribution in [2.45, 2.75) is 31.1 Å². The quantitative estimate of drug-likeness (QED) is 0.749. The first-order chi connectivity index (χ1) is 13.0. The molecule has 1 aliphatic carbocycles. The molecule has 0 amide bonds. The van der Waals surface area contributed by atoms with E-state index in [-0.39, 0.29) is 17.7 Å². The Bertz CT molecular complexity index is 965. The Kier molecular flexibility index (Phi) is 4.21. The molecule has 0 saturated heterocycles. The molecule has 7 nitrogen and oxygen atoms in total. The summed E-state index contributed by atoms with van der Waals surface area (Å²) in [6.07, 6.45) is 4.55. The van der Waals surface area contributed by atoms with Gasteiger partial charge in [-0.05, 0) is 30.5 Å². The van der Waals surface area contributed by atoms with Gasteiger partial charge in [-0.3, -0.25) is 0 Å². The van der Waals surface area contributed by atoms with Gasteiger partial charge >= 0.3 is 6.01 Å². The second-order valence-electron chi connectivity index (χ2n) is 6.53. The first-order valence-electron chi connectivity index (χ1n) is 8.49. The number of nitrogens with zero attached hydrogens (tertiary/aromatic N) is 4. The maximum atomic E-state index is 13.8. The molecule has 1 fully saturated rings. The molecule has 2 N–H and O–H groups in total. The third kappa shape index (κ3) is 2.98. The Morgan fingerprint density at radius 3 is 2.44 bits per heavy atom. The lowest BCUT2D eigenvalue weighted by atomic mass is 9.78. The van der Waals surface area contributed by atoms with E-state index in [1.807, 2.05) is 0 Å². The van der Waals surface area contributed by atoms with Gasteiger partial charge < -0.3 is 15.0 Å². The van der Waals surface area contributed by atoms with E-state index in [4.69, 9.17) is 15.0 Å². The highest BCUT2D eigenvalue weighted by Gasteiger charge is 2.43. The highest BCUT2D eigenvalue weighted by atomic mass is 19.1. The molecular formula is C18H17F2N5O2. The van der Waals surface area contributed by atoms with Crippen LogP contribution in [0, 0.1) is 11.6 Å². The molecule has 1 aromatic carbocycles. The Hall–Kier alpha value is -3.10. The molecule has 2 aromatic heterocycles. The largest absolute Gasteiger partial charge is 0.467 e. The average molecular weight is 373 g/mol. The van der Waals surface area contributed by atoms with Gasteiger partial charge in [-0.2, -0.15) is 9.97 Å². The number of methoxy groups -OCH3 is 1. The van der Waals surface area contributed by atoms with Crippen molar-refractivity contribution in [3.05, 3.63) is 47.5 Å². The summed E-state index contributed by atoms with van der Waals surface area (Å²) in [7, 11) is 1.43. The van der Waals surface area contributed by atoms with Crippen LogP contribution in [0.1, 0.15) is 37.1 Å². The zero-order chi connectivity index (χ0) is 19.0. The van der Waals surface area contributed by atoms with Crippen molar-refractivity contribution in [2.24, 2.45) is 0 Å². The van der Waals surface area contributed by atoms with Crippen LogP contribution in [0.5, 0.6) is 6.01 Å². The van der Waals surface area contributed by atoms with Crippen molar-refractivity contribution in [1.82, 2.24) is 20.1 Å². The second-order valence-corrected chi connectivity index (χ2v) is 6.53. The minimum absolute atomic E-state index is 0.127. The number of ether oxygens (including phenoxy) is 1. The molecule has 4 rings (SSSR count). The lowest BCUT2D eigenvalue weighted by molar-refractivity contribution is 0.310. The van der Waals surface area contributed by atoms with Gasteiger partial charge in [0, 0.05) is 12.3 Å². The fourth-order valence-electron chi connectivity index (χ4n) is 3.61. The fraction of sp³-hybridized carbons (Fsp3) is 0.333. The summed E-state index contributed by atoms with van der Waals surface area (Å²) in [5, 5.41) is 3.99. The van der Waals surface area contributed by atoms with Gasteiger partial charge in [0.15, 0.2) is 0 Å². The summed E-state index contributed by atoms with van der Waals surface area (Å²) < 4.78 is 38.1. The van der Waals surface area contributed by atoms with E-state index in [1.165, 1.54) is 25.4 Å². The molecule has 140 valence electrons. The normalized spacial score (nSPS) is 15.8. The molecule has 0 atom stereocenters. The van der Waals surface area contributed by atoms with E-state index in [9.17, 15) is 8.78 Å². The van der Waals surface area contributed by atoms with Crippen molar-refractivity contribution in [3.8, 4) is 17.4 Å².